The molecule has 0 aromatic heterocycles. The van der Waals surface area contributed by atoms with Crippen LogP contribution >= 0.6 is 0 Å². The molecule has 1 saturated heterocycles. The lowest BCUT2D eigenvalue weighted by Gasteiger charge is -2.35. The van der Waals surface area contributed by atoms with Gasteiger partial charge in [0.05, 0.1) is 12.0 Å². The SMILES string of the molecule is CCC1(C(=O)NCCOCCC(C)C)CCCNC1. The number of rotatable bonds is 8. The fourth-order valence-corrected chi connectivity index (χ4v) is 2.47. The molecule has 19 heavy (non-hydrogen) atoms. The summed E-state index contributed by atoms with van der Waals surface area (Å²) in [6.45, 7) is 10.3. The van der Waals surface area contributed by atoms with E-state index in [1.807, 2.05) is 0 Å². The number of hydrogen-bond acceptors (Lipinski definition) is 3. The van der Waals surface area contributed by atoms with Crippen LogP contribution in [-0.2, 0) is 9.53 Å². The molecule has 1 aliphatic rings. The Bertz CT molecular complexity index is 261. The van der Waals surface area contributed by atoms with Crippen LogP contribution in [0, 0.1) is 11.3 Å². The molecule has 0 aromatic rings. The predicted octanol–water partition coefficient (Wildman–Crippen LogP) is 1.95. The molecule has 0 saturated carbocycles. The molecular formula is C15H30N2O2. The summed E-state index contributed by atoms with van der Waals surface area (Å²) in [4.78, 5) is 12.3. The van der Waals surface area contributed by atoms with Gasteiger partial charge in [-0.05, 0) is 38.1 Å². The van der Waals surface area contributed by atoms with Gasteiger partial charge in [0.2, 0.25) is 5.91 Å². The molecule has 0 radical (unpaired) electrons. The lowest BCUT2D eigenvalue weighted by molar-refractivity contribution is -0.132. The van der Waals surface area contributed by atoms with Gasteiger partial charge in [-0.3, -0.25) is 4.79 Å². The van der Waals surface area contributed by atoms with Gasteiger partial charge in [0.25, 0.3) is 0 Å². The molecule has 0 bridgehead atoms. The predicted molar refractivity (Wildman–Crippen MR) is 78.1 cm³/mol. The molecular weight excluding hydrogens is 240 g/mol. The minimum atomic E-state index is -0.198. The summed E-state index contributed by atoms with van der Waals surface area (Å²) in [5, 5.41) is 6.37. The first-order valence-electron chi connectivity index (χ1n) is 7.67. The Balaban J connectivity index is 2.18. The molecule has 112 valence electrons. The van der Waals surface area contributed by atoms with Crippen molar-refractivity contribution in [3.8, 4) is 0 Å². The maximum atomic E-state index is 12.3. The molecule has 1 aliphatic heterocycles. The number of amides is 1. The average molecular weight is 270 g/mol. The average Bonchev–Trinajstić information content (AvgIpc) is 2.42. The van der Waals surface area contributed by atoms with E-state index in [1.54, 1.807) is 0 Å². The van der Waals surface area contributed by atoms with E-state index >= 15 is 0 Å². The highest BCUT2D eigenvalue weighted by Gasteiger charge is 2.37. The second-order valence-electron chi connectivity index (χ2n) is 5.97. The van der Waals surface area contributed by atoms with Crippen LogP contribution in [0.1, 0.15) is 46.5 Å². The summed E-state index contributed by atoms with van der Waals surface area (Å²) in [6.07, 6.45) is 4.07. The van der Waals surface area contributed by atoms with Crippen molar-refractivity contribution < 1.29 is 9.53 Å². The van der Waals surface area contributed by atoms with E-state index in [0.29, 0.717) is 19.1 Å². The molecule has 1 amide bonds. The number of nitrogens with one attached hydrogen (secondary N) is 2. The third kappa shape index (κ3) is 5.49. The van der Waals surface area contributed by atoms with Crippen LogP contribution in [-0.4, -0.2) is 38.8 Å². The second kappa shape index (κ2) is 8.54. The molecule has 4 heteroatoms. The smallest absolute Gasteiger partial charge is 0.227 e. The zero-order chi connectivity index (χ0) is 14.1. The largest absolute Gasteiger partial charge is 0.380 e. The van der Waals surface area contributed by atoms with Gasteiger partial charge in [0.1, 0.15) is 0 Å². The Labute approximate surface area is 117 Å². The summed E-state index contributed by atoms with van der Waals surface area (Å²) in [6, 6.07) is 0. The van der Waals surface area contributed by atoms with Gasteiger partial charge in [-0.2, -0.15) is 0 Å². The molecule has 0 aromatic carbocycles. The summed E-state index contributed by atoms with van der Waals surface area (Å²) in [5.74, 6) is 0.862. The Morgan fingerprint density at radius 1 is 1.42 bits per heavy atom. The monoisotopic (exact) mass is 270 g/mol. The first-order valence-corrected chi connectivity index (χ1v) is 7.67. The van der Waals surface area contributed by atoms with Crippen molar-refractivity contribution in [3.05, 3.63) is 0 Å². The molecule has 2 N–H and O–H groups in total. The van der Waals surface area contributed by atoms with Crippen LogP contribution < -0.4 is 10.6 Å². The lowest BCUT2D eigenvalue weighted by atomic mass is 9.77. The van der Waals surface area contributed by atoms with Crippen molar-refractivity contribution in [2.45, 2.75) is 46.5 Å². The number of carbonyl (C=O) groups is 1. The van der Waals surface area contributed by atoms with E-state index in [-0.39, 0.29) is 11.3 Å². The molecule has 1 rings (SSSR count). The van der Waals surface area contributed by atoms with E-state index in [9.17, 15) is 4.79 Å². The number of ether oxygens (including phenoxy) is 1. The van der Waals surface area contributed by atoms with Gasteiger partial charge in [0, 0.05) is 19.7 Å². The van der Waals surface area contributed by atoms with Crippen molar-refractivity contribution in [2.75, 3.05) is 32.8 Å². The van der Waals surface area contributed by atoms with Gasteiger partial charge >= 0.3 is 0 Å². The standard InChI is InChI=1S/C15H30N2O2/c1-4-15(7-5-8-16-12-15)14(18)17-9-11-19-10-6-13(2)3/h13,16H,4-12H2,1-3H3,(H,17,18). The van der Waals surface area contributed by atoms with Crippen LogP contribution in [0.4, 0.5) is 0 Å². The zero-order valence-corrected chi connectivity index (χ0v) is 12.8. The fourth-order valence-electron chi connectivity index (χ4n) is 2.47. The highest BCUT2D eigenvalue weighted by atomic mass is 16.5. The second-order valence-corrected chi connectivity index (χ2v) is 5.97. The first-order chi connectivity index (χ1) is 9.10. The maximum absolute atomic E-state index is 12.3. The summed E-state index contributed by atoms with van der Waals surface area (Å²) in [7, 11) is 0. The van der Waals surface area contributed by atoms with E-state index in [1.165, 1.54) is 0 Å². The normalized spacial score (nSPS) is 23.6. The molecule has 1 heterocycles. The highest BCUT2D eigenvalue weighted by Crippen LogP contribution is 2.29. The third-order valence-electron chi connectivity index (χ3n) is 4.00. The third-order valence-corrected chi connectivity index (χ3v) is 4.00. The highest BCUT2D eigenvalue weighted by molar-refractivity contribution is 5.83. The summed E-state index contributed by atoms with van der Waals surface area (Å²) >= 11 is 0. The van der Waals surface area contributed by atoms with Crippen molar-refractivity contribution in [1.82, 2.24) is 10.6 Å². The van der Waals surface area contributed by atoms with Crippen LogP contribution in [0.25, 0.3) is 0 Å². The van der Waals surface area contributed by atoms with Gasteiger partial charge < -0.3 is 15.4 Å². The molecule has 4 nitrogen and oxygen atoms in total. The fraction of sp³-hybridized carbons (Fsp3) is 0.933. The summed E-state index contributed by atoms with van der Waals surface area (Å²) in [5.41, 5.74) is -0.198. The van der Waals surface area contributed by atoms with Gasteiger partial charge in [-0.15, -0.1) is 0 Å². The molecule has 1 unspecified atom stereocenters. The lowest BCUT2D eigenvalue weighted by Crippen LogP contribution is -2.50. The molecule has 1 atom stereocenters. The van der Waals surface area contributed by atoms with Crippen molar-refractivity contribution in [2.24, 2.45) is 11.3 Å². The van der Waals surface area contributed by atoms with E-state index in [0.717, 1.165) is 45.4 Å². The molecule has 1 fully saturated rings. The molecule has 0 aliphatic carbocycles. The Morgan fingerprint density at radius 2 is 2.21 bits per heavy atom. The minimum absolute atomic E-state index is 0.189. The van der Waals surface area contributed by atoms with Crippen LogP contribution in [0.5, 0.6) is 0 Å². The zero-order valence-electron chi connectivity index (χ0n) is 12.8. The van der Waals surface area contributed by atoms with Crippen molar-refractivity contribution in [3.63, 3.8) is 0 Å². The molecule has 0 spiro atoms. The number of piperidine rings is 1. The first kappa shape index (κ1) is 16.4. The van der Waals surface area contributed by atoms with Crippen molar-refractivity contribution in [1.29, 1.82) is 0 Å². The van der Waals surface area contributed by atoms with Crippen LogP contribution in [0.2, 0.25) is 0 Å². The van der Waals surface area contributed by atoms with Crippen molar-refractivity contribution >= 4 is 5.91 Å². The number of carbonyl (C=O) groups excluding carboxylic acids is 1. The maximum Gasteiger partial charge on any atom is 0.227 e. The quantitative estimate of drug-likeness (QED) is 0.663. The van der Waals surface area contributed by atoms with Crippen LogP contribution in [0.15, 0.2) is 0 Å². The number of hydrogen-bond donors (Lipinski definition) is 2. The van der Waals surface area contributed by atoms with Gasteiger partial charge in [0.15, 0.2) is 0 Å². The van der Waals surface area contributed by atoms with E-state index in [2.05, 4.69) is 31.4 Å². The topological polar surface area (TPSA) is 50.4 Å². The van der Waals surface area contributed by atoms with Gasteiger partial charge in [-0.25, -0.2) is 0 Å². The Morgan fingerprint density at radius 3 is 2.79 bits per heavy atom. The van der Waals surface area contributed by atoms with Gasteiger partial charge in [-0.1, -0.05) is 20.8 Å². The van der Waals surface area contributed by atoms with Crippen LogP contribution in [0.3, 0.4) is 0 Å². The van der Waals surface area contributed by atoms with E-state index < -0.39 is 0 Å². The Kier molecular flexibility index (Phi) is 7.39. The summed E-state index contributed by atoms with van der Waals surface area (Å²) < 4.78 is 5.52. The minimum Gasteiger partial charge on any atom is -0.380 e. The van der Waals surface area contributed by atoms with E-state index in [4.69, 9.17) is 4.74 Å². The Hall–Kier alpha value is -0.610.